The van der Waals surface area contributed by atoms with Crippen molar-refractivity contribution in [1.82, 2.24) is 9.88 Å². The molecule has 22 heavy (non-hydrogen) atoms. The van der Waals surface area contributed by atoms with Crippen molar-refractivity contribution in [3.63, 3.8) is 0 Å². The Hall–Kier alpha value is -2.56. The predicted octanol–water partition coefficient (Wildman–Crippen LogP) is 2.44. The molecule has 2 aromatic rings. The topological polar surface area (TPSA) is 51.7 Å². The molecule has 1 heterocycles. The Kier molecular flexibility index (Phi) is 5.36. The molecule has 1 amide bonds. The lowest BCUT2D eigenvalue weighted by atomic mass is 10.2. The lowest BCUT2D eigenvalue weighted by Gasteiger charge is -2.19. The van der Waals surface area contributed by atoms with Crippen molar-refractivity contribution >= 4 is 5.91 Å². The first-order valence-corrected chi connectivity index (χ1v) is 7.01. The maximum absolute atomic E-state index is 12.1. The Balaban J connectivity index is 1.90. The van der Waals surface area contributed by atoms with Gasteiger partial charge in [-0.2, -0.15) is 0 Å². The molecule has 5 nitrogen and oxygen atoms in total. The molecule has 0 spiro atoms. The lowest BCUT2D eigenvalue weighted by molar-refractivity contribution is -0.132. The van der Waals surface area contributed by atoms with Gasteiger partial charge in [0.1, 0.15) is 11.5 Å². The van der Waals surface area contributed by atoms with Crippen LogP contribution in [0.3, 0.4) is 0 Å². The molecule has 0 aliphatic carbocycles. The Morgan fingerprint density at radius 1 is 1.23 bits per heavy atom. The lowest BCUT2D eigenvalue weighted by Crippen LogP contribution is -2.31. The van der Waals surface area contributed by atoms with Crippen molar-refractivity contribution in [3.8, 4) is 11.5 Å². The molecule has 0 saturated carbocycles. The van der Waals surface area contributed by atoms with E-state index in [9.17, 15) is 4.79 Å². The number of aromatic nitrogens is 1. The second-order valence-corrected chi connectivity index (χ2v) is 4.99. The van der Waals surface area contributed by atoms with Gasteiger partial charge in [-0.3, -0.25) is 9.78 Å². The number of rotatable bonds is 6. The Labute approximate surface area is 130 Å². The zero-order valence-corrected chi connectivity index (χ0v) is 13.1. The zero-order valence-electron chi connectivity index (χ0n) is 13.1. The third-order valence-electron chi connectivity index (χ3n) is 3.27. The largest absolute Gasteiger partial charge is 0.496 e. The number of hydrogen-bond acceptors (Lipinski definition) is 4. The van der Waals surface area contributed by atoms with Gasteiger partial charge in [0.15, 0.2) is 6.61 Å². The molecular formula is C17H20N2O3. The fourth-order valence-corrected chi connectivity index (χ4v) is 1.97. The van der Waals surface area contributed by atoms with Crippen LogP contribution in [0.4, 0.5) is 0 Å². The molecule has 0 saturated heterocycles. The Morgan fingerprint density at radius 3 is 2.68 bits per heavy atom. The van der Waals surface area contributed by atoms with Gasteiger partial charge < -0.3 is 14.4 Å². The summed E-state index contributed by atoms with van der Waals surface area (Å²) in [7, 11) is 3.36. The molecule has 0 aliphatic rings. The van der Waals surface area contributed by atoms with Crippen LogP contribution in [0.15, 0.2) is 42.6 Å². The summed E-state index contributed by atoms with van der Waals surface area (Å²) in [5.74, 6) is 1.25. The third-order valence-corrected chi connectivity index (χ3v) is 3.27. The average molecular weight is 300 g/mol. The number of carbonyl (C=O) groups excluding carboxylic acids is 1. The monoisotopic (exact) mass is 300 g/mol. The van der Waals surface area contributed by atoms with E-state index in [1.54, 1.807) is 31.3 Å². The molecule has 5 heteroatoms. The number of nitrogens with zero attached hydrogens (tertiary/aromatic N) is 2. The highest BCUT2D eigenvalue weighted by Crippen LogP contribution is 2.18. The first kappa shape index (κ1) is 15.8. The van der Waals surface area contributed by atoms with E-state index in [2.05, 4.69) is 4.98 Å². The first-order valence-electron chi connectivity index (χ1n) is 7.01. The van der Waals surface area contributed by atoms with Crippen molar-refractivity contribution in [1.29, 1.82) is 0 Å². The number of ether oxygens (including phenoxy) is 2. The number of para-hydroxylation sites is 1. The summed E-state index contributed by atoms with van der Waals surface area (Å²) in [5, 5.41) is 0. The van der Waals surface area contributed by atoms with E-state index in [0.29, 0.717) is 12.3 Å². The van der Waals surface area contributed by atoms with E-state index in [1.807, 2.05) is 37.3 Å². The fraction of sp³-hybridized carbons (Fsp3) is 0.294. The fourth-order valence-electron chi connectivity index (χ4n) is 1.97. The predicted molar refractivity (Wildman–Crippen MR) is 83.9 cm³/mol. The van der Waals surface area contributed by atoms with Gasteiger partial charge in [-0.25, -0.2) is 0 Å². The van der Waals surface area contributed by atoms with Gasteiger partial charge in [-0.15, -0.1) is 0 Å². The van der Waals surface area contributed by atoms with Gasteiger partial charge in [0.05, 0.1) is 13.3 Å². The van der Waals surface area contributed by atoms with E-state index >= 15 is 0 Å². The summed E-state index contributed by atoms with van der Waals surface area (Å²) in [6.45, 7) is 2.35. The molecule has 2 rings (SSSR count). The van der Waals surface area contributed by atoms with Crippen LogP contribution in [-0.4, -0.2) is 36.6 Å². The SMILES string of the molecule is COc1ccccc1CN(C)C(=O)COc1ccc(C)nc1. The number of benzene rings is 1. The van der Waals surface area contributed by atoms with E-state index in [4.69, 9.17) is 9.47 Å². The standard InChI is InChI=1S/C17H20N2O3/c1-13-8-9-15(10-18-13)22-12-17(20)19(2)11-14-6-4-5-7-16(14)21-3/h4-10H,11-12H2,1-3H3. The molecule has 1 aromatic carbocycles. The van der Waals surface area contributed by atoms with E-state index in [1.165, 1.54) is 0 Å². The van der Waals surface area contributed by atoms with Gasteiger partial charge in [0, 0.05) is 24.8 Å². The zero-order chi connectivity index (χ0) is 15.9. The number of carbonyl (C=O) groups is 1. The van der Waals surface area contributed by atoms with Gasteiger partial charge in [0.2, 0.25) is 0 Å². The van der Waals surface area contributed by atoms with Crippen LogP contribution in [0.5, 0.6) is 11.5 Å². The van der Waals surface area contributed by atoms with Crippen molar-refractivity contribution in [2.75, 3.05) is 20.8 Å². The molecular weight excluding hydrogens is 280 g/mol. The number of aryl methyl sites for hydroxylation is 1. The summed E-state index contributed by atoms with van der Waals surface area (Å²) in [6, 6.07) is 11.3. The third kappa shape index (κ3) is 4.22. The van der Waals surface area contributed by atoms with Crippen LogP contribution in [0.1, 0.15) is 11.3 Å². The maximum atomic E-state index is 12.1. The molecule has 0 bridgehead atoms. The number of hydrogen-bond donors (Lipinski definition) is 0. The summed E-state index contributed by atoms with van der Waals surface area (Å²) in [4.78, 5) is 17.9. The van der Waals surface area contributed by atoms with Crippen LogP contribution in [0, 0.1) is 6.92 Å². The van der Waals surface area contributed by atoms with Crippen LogP contribution in [0.2, 0.25) is 0 Å². The molecule has 0 aliphatic heterocycles. The highest BCUT2D eigenvalue weighted by molar-refractivity contribution is 5.77. The second-order valence-electron chi connectivity index (χ2n) is 4.99. The molecule has 0 fully saturated rings. The van der Waals surface area contributed by atoms with Gasteiger partial charge in [0.25, 0.3) is 5.91 Å². The maximum Gasteiger partial charge on any atom is 0.260 e. The molecule has 1 aromatic heterocycles. The quantitative estimate of drug-likeness (QED) is 0.822. The summed E-state index contributed by atoms with van der Waals surface area (Å²) >= 11 is 0. The van der Waals surface area contributed by atoms with Crippen LogP contribution in [0.25, 0.3) is 0 Å². The van der Waals surface area contributed by atoms with Crippen molar-refractivity contribution in [3.05, 3.63) is 53.9 Å². The highest BCUT2D eigenvalue weighted by Gasteiger charge is 2.12. The molecule has 0 atom stereocenters. The number of pyridine rings is 1. The van der Waals surface area contributed by atoms with E-state index in [-0.39, 0.29) is 12.5 Å². The van der Waals surface area contributed by atoms with Gasteiger partial charge in [-0.1, -0.05) is 18.2 Å². The van der Waals surface area contributed by atoms with Crippen LogP contribution in [-0.2, 0) is 11.3 Å². The Bertz CT molecular complexity index is 626. The summed E-state index contributed by atoms with van der Waals surface area (Å²) < 4.78 is 10.7. The van der Waals surface area contributed by atoms with Crippen LogP contribution >= 0.6 is 0 Å². The van der Waals surface area contributed by atoms with Crippen molar-refractivity contribution < 1.29 is 14.3 Å². The first-order chi connectivity index (χ1) is 10.6. The van der Waals surface area contributed by atoms with Crippen molar-refractivity contribution in [2.45, 2.75) is 13.5 Å². The van der Waals surface area contributed by atoms with E-state index < -0.39 is 0 Å². The van der Waals surface area contributed by atoms with Crippen molar-refractivity contribution in [2.24, 2.45) is 0 Å². The number of methoxy groups -OCH3 is 1. The normalized spacial score (nSPS) is 10.1. The smallest absolute Gasteiger partial charge is 0.260 e. The minimum atomic E-state index is -0.105. The summed E-state index contributed by atoms with van der Waals surface area (Å²) in [6.07, 6.45) is 1.61. The summed E-state index contributed by atoms with van der Waals surface area (Å²) in [5.41, 5.74) is 1.87. The molecule has 0 N–H and O–H groups in total. The molecule has 0 radical (unpaired) electrons. The average Bonchev–Trinajstić information content (AvgIpc) is 2.54. The molecule has 0 unspecified atom stereocenters. The number of amides is 1. The van der Waals surface area contributed by atoms with Gasteiger partial charge >= 0.3 is 0 Å². The number of likely N-dealkylation sites (N-methyl/N-ethyl adjacent to an activating group) is 1. The minimum Gasteiger partial charge on any atom is -0.496 e. The van der Waals surface area contributed by atoms with E-state index in [0.717, 1.165) is 17.0 Å². The molecule has 116 valence electrons. The highest BCUT2D eigenvalue weighted by atomic mass is 16.5. The second kappa shape index (κ2) is 7.45. The minimum absolute atomic E-state index is 0.0175. The van der Waals surface area contributed by atoms with Gasteiger partial charge in [-0.05, 0) is 25.1 Å². The Morgan fingerprint density at radius 2 is 2.00 bits per heavy atom. The van der Waals surface area contributed by atoms with Crippen LogP contribution < -0.4 is 9.47 Å².